The highest BCUT2D eigenvalue weighted by Gasteiger charge is 2.19. The van der Waals surface area contributed by atoms with Crippen molar-refractivity contribution in [1.82, 2.24) is 29.2 Å². The van der Waals surface area contributed by atoms with Gasteiger partial charge in [0.2, 0.25) is 9.92 Å². The van der Waals surface area contributed by atoms with E-state index in [1.807, 2.05) is 109 Å². The molecule has 0 radical (unpaired) electrons. The van der Waals surface area contributed by atoms with Gasteiger partial charge in [-0.2, -0.15) is 0 Å². The van der Waals surface area contributed by atoms with Gasteiger partial charge in [0.15, 0.2) is 11.5 Å². The quantitative estimate of drug-likeness (QED) is 0.0909. The molecule has 6 aromatic heterocycles. The summed E-state index contributed by atoms with van der Waals surface area (Å²) in [5, 5.41) is 10.6. The molecular weight excluding hydrogens is 963 g/mol. The van der Waals surface area contributed by atoms with Crippen LogP contribution < -0.4 is 28.4 Å². The molecule has 0 unspecified atom stereocenters. The molecule has 0 aliphatic rings. The van der Waals surface area contributed by atoms with Crippen LogP contribution in [0.5, 0.6) is 33.4 Å². The number of benzene rings is 6. The van der Waals surface area contributed by atoms with Gasteiger partial charge in [0.05, 0.1) is 37.4 Å². The largest absolute Gasteiger partial charge is 0.489 e. The van der Waals surface area contributed by atoms with Crippen molar-refractivity contribution in [3.05, 3.63) is 192 Å². The highest BCUT2D eigenvalue weighted by Crippen LogP contribution is 2.37. The second-order valence-corrected chi connectivity index (χ2v) is 18.0. The maximum Gasteiger partial charge on any atom is 0.294 e. The van der Waals surface area contributed by atoms with E-state index in [1.54, 1.807) is 53.8 Å². The molecule has 0 atom stereocenters. The minimum Gasteiger partial charge on any atom is -0.489 e. The normalized spacial score (nSPS) is 11.3. The molecule has 6 heterocycles. The van der Waals surface area contributed by atoms with E-state index in [0.29, 0.717) is 89.9 Å². The molecule has 0 saturated carbocycles. The van der Waals surface area contributed by atoms with Crippen molar-refractivity contribution in [2.75, 3.05) is 14.2 Å². The molecule has 0 amide bonds. The van der Waals surface area contributed by atoms with E-state index >= 15 is 0 Å². The van der Waals surface area contributed by atoms with Crippen molar-refractivity contribution in [3.63, 3.8) is 0 Å². The molecule has 12 aromatic rings. The van der Waals surface area contributed by atoms with E-state index in [2.05, 4.69) is 20.2 Å². The van der Waals surface area contributed by atoms with E-state index in [-0.39, 0.29) is 13.2 Å². The minimum atomic E-state index is -0.449. The first kappa shape index (κ1) is 45.7. The van der Waals surface area contributed by atoms with Gasteiger partial charge < -0.3 is 37.3 Å². The van der Waals surface area contributed by atoms with E-state index in [4.69, 9.17) is 37.3 Å². The van der Waals surface area contributed by atoms with Gasteiger partial charge in [-0.25, -0.2) is 27.8 Å². The summed E-state index contributed by atoms with van der Waals surface area (Å²) in [5.41, 5.74) is 5.88. The maximum atomic E-state index is 14.9. The molecule has 0 aliphatic heterocycles. The van der Waals surface area contributed by atoms with Gasteiger partial charge in [0.25, 0.3) is 10.4 Å². The summed E-state index contributed by atoms with van der Waals surface area (Å²) < 4.78 is 78.2. The third-order valence-electron chi connectivity index (χ3n) is 11.1. The first-order valence-corrected chi connectivity index (χ1v) is 24.0. The zero-order chi connectivity index (χ0) is 49.0. The van der Waals surface area contributed by atoms with Crippen LogP contribution in [-0.2, 0) is 26.4 Å². The maximum absolute atomic E-state index is 14.9. The predicted octanol–water partition coefficient (Wildman–Crippen LogP) is 13.0. The number of methoxy groups -OCH3 is 2. The van der Waals surface area contributed by atoms with Crippen LogP contribution in [0.4, 0.5) is 8.78 Å². The number of halogens is 2. The smallest absolute Gasteiger partial charge is 0.294 e. The lowest BCUT2D eigenvalue weighted by atomic mass is 10.2. The molecule has 0 bridgehead atoms. The molecule has 18 heteroatoms. The lowest BCUT2D eigenvalue weighted by molar-refractivity contribution is 0.295. The van der Waals surface area contributed by atoms with Crippen LogP contribution in [0.2, 0.25) is 0 Å². The Kier molecular flexibility index (Phi) is 12.9. The molecule has 360 valence electrons. The summed E-state index contributed by atoms with van der Waals surface area (Å²) >= 11 is 2.62. The Morgan fingerprint density at radius 3 is 1.51 bits per heavy atom. The third kappa shape index (κ3) is 10.3. The average Bonchev–Trinajstić information content (AvgIpc) is 4.28. The van der Waals surface area contributed by atoms with E-state index < -0.39 is 11.6 Å². The van der Waals surface area contributed by atoms with Gasteiger partial charge in [-0.15, -0.1) is 10.2 Å². The Balaban J connectivity index is 0.000000156. The standard InChI is InChI=1S/2C27H20FN3O4S/c1-32-27-30-31-14-22(29-26(31)36-27)25-13-21-23(11-19(28)12-24(21)35-25)34-16-18-8-5-9-20(10-18)33-15-17-6-3-2-4-7-17;1-32-27-30-31-14-23(29-26(31)36-27)25-13-21-22(28)11-20(12-24(21)35-25)34-16-18-8-5-9-19(10-18)33-15-17-6-3-2-4-7-17/h2*2-14H,15-16H2,1H3. The Bertz CT molecular complexity index is 3750. The fourth-order valence-electron chi connectivity index (χ4n) is 7.63. The van der Waals surface area contributed by atoms with Crippen LogP contribution in [0, 0.1) is 11.6 Å². The molecule has 12 rings (SSSR count). The van der Waals surface area contributed by atoms with Gasteiger partial charge in [0.1, 0.15) is 83.6 Å². The Labute approximate surface area is 416 Å². The van der Waals surface area contributed by atoms with Gasteiger partial charge in [0, 0.05) is 24.3 Å². The minimum absolute atomic E-state index is 0.242. The summed E-state index contributed by atoms with van der Waals surface area (Å²) in [7, 11) is 3.11. The average molecular weight is 1000 g/mol. The van der Waals surface area contributed by atoms with Crippen molar-refractivity contribution in [3.8, 4) is 56.3 Å². The lowest BCUT2D eigenvalue weighted by Crippen LogP contribution is -1.99. The molecule has 6 aromatic carbocycles. The number of hydrogen-bond acceptors (Lipinski definition) is 14. The summed E-state index contributed by atoms with van der Waals surface area (Å²) in [6.45, 7) is 1.45. The van der Waals surface area contributed by atoms with Crippen molar-refractivity contribution >= 4 is 54.5 Å². The fourth-order valence-corrected chi connectivity index (χ4v) is 9.03. The highest BCUT2D eigenvalue weighted by molar-refractivity contribution is 7.18. The first-order valence-electron chi connectivity index (χ1n) is 22.3. The molecular formula is C54H40F2N6O8S2. The molecule has 0 saturated heterocycles. The van der Waals surface area contributed by atoms with Crippen LogP contribution >= 0.6 is 22.7 Å². The van der Waals surface area contributed by atoms with Crippen molar-refractivity contribution in [2.45, 2.75) is 26.4 Å². The van der Waals surface area contributed by atoms with Gasteiger partial charge in [-0.05, 0) is 81.3 Å². The van der Waals surface area contributed by atoms with Crippen LogP contribution in [0.15, 0.2) is 167 Å². The Morgan fingerprint density at radius 1 is 0.486 bits per heavy atom. The summed E-state index contributed by atoms with van der Waals surface area (Å²) in [5.74, 6) is 2.29. The summed E-state index contributed by atoms with van der Waals surface area (Å²) in [6, 6.07) is 44.4. The van der Waals surface area contributed by atoms with Crippen LogP contribution in [0.1, 0.15) is 22.3 Å². The molecule has 0 aliphatic carbocycles. The molecule has 0 spiro atoms. The lowest BCUT2D eigenvalue weighted by Gasteiger charge is -2.10. The Morgan fingerprint density at radius 2 is 0.972 bits per heavy atom. The molecule has 0 fully saturated rings. The second kappa shape index (κ2) is 20.3. The van der Waals surface area contributed by atoms with E-state index in [0.717, 1.165) is 33.8 Å². The second-order valence-electron chi connectivity index (χ2n) is 16.1. The third-order valence-corrected chi connectivity index (χ3v) is 12.9. The van der Waals surface area contributed by atoms with Gasteiger partial charge in [-0.1, -0.05) is 84.9 Å². The van der Waals surface area contributed by atoms with E-state index in [9.17, 15) is 8.78 Å². The number of nitrogens with zero attached hydrogens (tertiary/aromatic N) is 6. The summed E-state index contributed by atoms with van der Waals surface area (Å²) in [6.07, 6.45) is 3.46. The van der Waals surface area contributed by atoms with Crippen molar-refractivity contribution in [2.24, 2.45) is 0 Å². The number of aromatic nitrogens is 6. The summed E-state index contributed by atoms with van der Waals surface area (Å²) in [4.78, 5) is 10.4. The molecule has 14 nitrogen and oxygen atoms in total. The number of furan rings is 2. The number of ether oxygens (including phenoxy) is 6. The molecule has 72 heavy (non-hydrogen) atoms. The van der Waals surface area contributed by atoms with E-state index in [1.165, 1.54) is 40.9 Å². The SMILES string of the molecule is COc1nn2cc(-c3cc4c(F)cc(OCc5cccc(OCc6ccccc6)c5)cc4o3)nc2s1.COc1nn2cc(-c3cc4c(OCc5cccc(OCc6ccccc6)c5)cc(F)cc4o3)nc2s1. The number of imidazole rings is 2. The predicted molar refractivity (Wildman–Crippen MR) is 268 cm³/mol. The van der Waals surface area contributed by atoms with Crippen LogP contribution in [0.3, 0.4) is 0 Å². The molecule has 0 N–H and O–H groups in total. The highest BCUT2D eigenvalue weighted by atomic mass is 32.1. The Hall–Kier alpha value is -8.74. The number of rotatable bonds is 16. The number of fused-ring (bicyclic) bond motifs is 4. The van der Waals surface area contributed by atoms with Crippen LogP contribution in [-0.4, -0.2) is 43.4 Å². The van der Waals surface area contributed by atoms with Gasteiger partial charge >= 0.3 is 0 Å². The monoisotopic (exact) mass is 1000 g/mol. The topological polar surface area (TPSA) is 142 Å². The van der Waals surface area contributed by atoms with Crippen molar-refractivity contribution < 1.29 is 46.0 Å². The zero-order valence-corrected chi connectivity index (χ0v) is 40.0. The fraction of sp³-hybridized carbons (Fsp3) is 0.111. The van der Waals surface area contributed by atoms with Gasteiger partial charge in [-0.3, -0.25) is 0 Å². The van der Waals surface area contributed by atoms with Crippen molar-refractivity contribution in [1.29, 1.82) is 0 Å². The first-order chi connectivity index (χ1) is 35.3. The zero-order valence-electron chi connectivity index (χ0n) is 38.4. The number of hydrogen-bond donors (Lipinski definition) is 0. The van der Waals surface area contributed by atoms with Crippen LogP contribution in [0.25, 0.3) is 54.8 Å².